The van der Waals surface area contributed by atoms with E-state index in [2.05, 4.69) is 10.1 Å². The molecule has 0 unspecified atom stereocenters. The Morgan fingerprint density at radius 2 is 2.10 bits per heavy atom. The maximum Gasteiger partial charge on any atom is 0.250 e. The van der Waals surface area contributed by atoms with Crippen LogP contribution >= 0.6 is 0 Å². The van der Waals surface area contributed by atoms with E-state index >= 15 is 0 Å². The second-order valence-corrected chi connectivity index (χ2v) is 7.84. The molecule has 3 aromatic rings. The fourth-order valence-electron chi connectivity index (χ4n) is 4.51. The van der Waals surface area contributed by atoms with Crippen LogP contribution in [0.4, 0.5) is 0 Å². The van der Waals surface area contributed by atoms with Crippen molar-refractivity contribution in [2.24, 2.45) is 5.92 Å². The highest BCUT2D eigenvalue weighted by molar-refractivity contribution is 5.76. The highest BCUT2D eigenvalue weighted by atomic mass is 16.5. The number of hydrogen-bond donors (Lipinski definition) is 0. The number of aromatic nitrogens is 3. The van der Waals surface area contributed by atoms with Crippen LogP contribution < -0.4 is 5.56 Å². The number of carbonyl (C=O) groups excluding carboxylic acids is 1. The lowest BCUT2D eigenvalue weighted by atomic mass is 9.83. The van der Waals surface area contributed by atoms with E-state index in [-0.39, 0.29) is 17.4 Å². The molecule has 0 radical (unpaired) electrons. The minimum Gasteiger partial charge on any atom is -0.461 e. The maximum absolute atomic E-state index is 12.8. The Kier molecular flexibility index (Phi) is 4.54. The van der Waals surface area contributed by atoms with Gasteiger partial charge < -0.3 is 18.4 Å². The van der Waals surface area contributed by atoms with Crippen molar-refractivity contribution in [3.05, 3.63) is 58.5 Å². The molecule has 5 rings (SSSR count). The van der Waals surface area contributed by atoms with E-state index in [0.717, 1.165) is 18.7 Å². The fourth-order valence-corrected chi connectivity index (χ4v) is 4.51. The first-order chi connectivity index (χ1) is 14.2. The second kappa shape index (κ2) is 7.35. The second-order valence-electron chi connectivity index (χ2n) is 7.84. The molecule has 2 atom stereocenters. The van der Waals surface area contributed by atoms with Crippen molar-refractivity contribution in [1.29, 1.82) is 0 Å². The van der Waals surface area contributed by atoms with Crippen LogP contribution in [0.15, 0.2) is 50.3 Å². The van der Waals surface area contributed by atoms with Gasteiger partial charge in [-0.25, -0.2) is 0 Å². The van der Waals surface area contributed by atoms with E-state index in [9.17, 15) is 9.59 Å². The van der Waals surface area contributed by atoms with Gasteiger partial charge in [0.15, 0.2) is 5.76 Å². The van der Waals surface area contributed by atoms with Gasteiger partial charge in [0.05, 0.1) is 6.26 Å². The Labute approximate surface area is 167 Å². The van der Waals surface area contributed by atoms with E-state index in [4.69, 9.17) is 8.94 Å². The lowest BCUT2D eigenvalue weighted by Crippen LogP contribution is -2.49. The first-order valence-electron chi connectivity index (χ1n) is 10.0. The van der Waals surface area contributed by atoms with Crippen LogP contribution in [0.5, 0.6) is 0 Å². The monoisotopic (exact) mass is 394 g/mol. The summed E-state index contributed by atoms with van der Waals surface area (Å²) >= 11 is 0. The summed E-state index contributed by atoms with van der Waals surface area (Å²) in [7, 11) is 0. The normalized spacial score (nSPS) is 20.5. The molecule has 2 aliphatic heterocycles. The molecule has 1 fully saturated rings. The molecule has 150 valence electrons. The van der Waals surface area contributed by atoms with Crippen molar-refractivity contribution in [2.45, 2.75) is 38.1 Å². The number of rotatable bonds is 5. The van der Waals surface area contributed by atoms with Gasteiger partial charge in [-0.1, -0.05) is 11.2 Å². The number of amides is 1. The minimum atomic E-state index is 0.0606. The third kappa shape index (κ3) is 3.50. The summed E-state index contributed by atoms with van der Waals surface area (Å²) in [6.45, 7) is 2.11. The molecule has 8 nitrogen and oxygen atoms in total. The standard InChI is InChI=1S/C21H22N4O4/c26-19(7-2-6-18-22-21(23-29-18)17-5-3-9-28-17)24-11-14-10-15(13-24)16-4-1-8-20(27)25(16)12-14/h1,3-5,8-9,14-15H,2,6-7,10-13H2/t14-,15-/m1/s1. The van der Waals surface area contributed by atoms with Gasteiger partial charge in [0, 0.05) is 50.2 Å². The largest absolute Gasteiger partial charge is 0.461 e. The summed E-state index contributed by atoms with van der Waals surface area (Å²) < 4.78 is 12.4. The van der Waals surface area contributed by atoms with Crippen LogP contribution in [0.1, 0.15) is 36.8 Å². The summed E-state index contributed by atoms with van der Waals surface area (Å²) in [6, 6.07) is 8.99. The van der Waals surface area contributed by atoms with Crippen molar-refractivity contribution in [1.82, 2.24) is 19.6 Å². The molecule has 0 aromatic carbocycles. The average Bonchev–Trinajstić information content (AvgIpc) is 3.40. The number of carbonyl (C=O) groups is 1. The van der Waals surface area contributed by atoms with E-state index < -0.39 is 0 Å². The zero-order chi connectivity index (χ0) is 19.8. The van der Waals surface area contributed by atoms with Gasteiger partial charge in [-0.2, -0.15) is 4.98 Å². The molecular formula is C21H22N4O4. The zero-order valence-electron chi connectivity index (χ0n) is 16.0. The smallest absolute Gasteiger partial charge is 0.250 e. The maximum atomic E-state index is 12.8. The molecule has 1 amide bonds. The molecule has 0 N–H and O–H groups in total. The summed E-state index contributed by atoms with van der Waals surface area (Å²) in [5.41, 5.74) is 1.12. The number of likely N-dealkylation sites (tertiary alicyclic amines) is 1. The van der Waals surface area contributed by atoms with Gasteiger partial charge >= 0.3 is 0 Å². The number of aryl methyl sites for hydroxylation is 1. The Morgan fingerprint density at radius 3 is 2.97 bits per heavy atom. The number of piperidine rings is 1. The summed E-state index contributed by atoms with van der Waals surface area (Å²) in [5, 5.41) is 3.91. The Bertz CT molecular complexity index is 1070. The van der Waals surface area contributed by atoms with Gasteiger partial charge in [-0.3, -0.25) is 9.59 Å². The molecule has 5 heterocycles. The van der Waals surface area contributed by atoms with Gasteiger partial charge in [0.2, 0.25) is 17.6 Å². The first-order valence-corrected chi connectivity index (χ1v) is 10.0. The molecule has 0 spiro atoms. The van der Waals surface area contributed by atoms with E-state index in [0.29, 0.717) is 55.7 Å². The number of nitrogens with zero attached hydrogens (tertiary/aromatic N) is 4. The van der Waals surface area contributed by atoms with Crippen LogP contribution in [0.2, 0.25) is 0 Å². The third-order valence-corrected chi connectivity index (χ3v) is 5.82. The van der Waals surface area contributed by atoms with Crippen LogP contribution in [0.3, 0.4) is 0 Å². The van der Waals surface area contributed by atoms with Crippen LogP contribution in [-0.4, -0.2) is 38.6 Å². The van der Waals surface area contributed by atoms with E-state index in [1.54, 1.807) is 24.5 Å². The van der Waals surface area contributed by atoms with Gasteiger partial charge in [-0.05, 0) is 37.0 Å². The van der Waals surface area contributed by atoms with Crippen molar-refractivity contribution in [3.8, 4) is 11.6 Å². The summed E-state index contributed by atoms with van der Waals surface area (Å²) in [4.78, 5) is 31.2. The number of fused-ring (bicyclic) bond motifs is 4. The van der Waals surface area contributed by atoms with Gasteiger partial charge in [0.25, 0.3) is 5.56 Å². The molecule has 29 heavy (non-hydrogen) atoms. The Balaban J connectivity index is 1.18. The highest BCUT2D eigenvalue weighted by Gasteiger charge is 2.35. The Hall–Kier alpha value is -3.16. The van der Waals surface area contributed by atoms with Crippen LogP contribution in [0.25, 0.3) is 11.6 Å². The van der Waals surface area contributed by atoms with Crippen molar-refractivity contribution < 1.29 is 13.7 Å². The summed E-state index contributed by atoms with van der Waals surface area (Å²) in [6.07, 6.45) is 4.26. The lowest BCUT2D eigenvalue weighted by Gasteiger charge is -2.42. The quantitative estimate of drug-likeness (QED) is 0.660. The van der Waals surface area contributed by atoms with Crippen molar-refractivity contribution in [2.75, 3.05) is 13.1 Å². The predicted molar refractivity (Wildman–Crippen MR) is 103 cm³/mol. The van der Waals surface area contributed by atoms with Crippen molar-refractivity contribution >= 4 is 5.91 Å². The first kappa shape index (κ1) is 17.9. The molecule has 0 aliphatic carbocycles. The number of furan rings is 1. The van der Waals surface area contributed by atoms with Crippen LogP contribution in [-0.2, 0) is 17.8 Å². The molecule has 8 heteroatoms. The highest BCUT2D eigenvalue weighted by Crippen LogP contribution is 2.35. The van der Waals surface area contributed by atoms with Crippen molar-refractivity contribution in [3.63, 3.8) is 0 Å². The molecule has 2 bridgehead atoms. The van der Waals surface area contributed by atoms with E-state index in [1.807, 2.05) is 21.6 Å². The minimum absolute atomic E-state index is 0.0606. The zero-order valence-corrected chi connectivity index (χ0v) is 16.0. The van der Waals surface area contributed by atoms with Gasteiger partial charge in [0.1, 0.15) is 0 Å². The predicted octanol–water partition coefficient (Wildman–Crippen LogP) is 2.46. The van der Waals surface area contributed by atoms with Gasteiger partial charge in [-0.15, -0.1) is 0 Å². The lowest BCUT2D eigenvalue weighted by molar-refractivity contribution is -0.134. The van der Waals surface area contributed by atoms with E-state index in [1.165, 1.54) is 0 Å². The molecular weight excluding hydrogens is 372 g/mol. The molecule has 2 aliphatic rings. The average molecular weight is 394 g/mol. The van der Waals surface area contributed by atoms with Crippen LogP contribution in [0, 0.1) is 5.92 Å². The fraction of sp³-hybridized carbons (Fsp3) is 0.429. The molecule has 3 aromatic heterocycles. The number of hydrogen-bond acceptors (Lipinski definition) is 6. The Morgan fingerprint density at radius 1 is 1.17 bits per heavy atom. The molecule has 0 saturated carbocycles. The SMILES string of the molecule is O=C(CCCc1nc(-c2ccco2)no1)N1C[C@H]2C[C@H](C1)c1cccc(=O)n1C2. The molecule has 1 saturated heterocycles. The third-order valence-electron chi connectivity index (χ3n) is 5.82. The summed E-state index contributed by atoms with van der Waals surface area (Å²) in [5.74, 6) is 2.24. The number of pyridine rings is 1. The topological polar surface area (TPSA) is 94.4 Å².